The van der Waals surface area contributed by atoms with Crippen LogP contribution in [0.4, 0.5) is 10.1 Å². The van der Waals surface area contributed by atoms with Gasteiger partial charge in [0.15, 0.2) is 0 Å². The predicted molar refractivity (Wildman–Crippen MR) is 139 cm³/mol. The Labute approximate surface area is 216 Å². The highest BCUT2D eigenvalue weighted by Crippen LogP contribution is 2.40. The fraction of sp³-hybridized carbons (Fsp3) is 0.429. The van der Waals surface area contributed by atoms with Crippen molar-refractivity contribution < 1.29 is 24.0 Å². The van der Waals surface area contributed by atoms with Crippen LogP contribution in [0.3, 0.4) is 0 Å². The van der Waals surface area contributed by atoms with Gasteiger partial charge in [0.05, 0.1) is 16.5 Å². The lowest BCUT2D eigenvalue weighted by Crippen LogP contribution is -2.34. The number of nitrogens with zero attached hydrogens (tertiary/aromatic N) is 3. The van der Waals surface area contributed by atoms with Gasteiger partial charge >= 0.3 is 0 Å². The van der Waals surface area contributed by atoms with E-state index < -0.39 is 34.2 Å². The van der Waals surface area contributed by atoms with Gasteiger partial charge in [-0.3, -0.25) is 19.7 Å². The lowest BCUT2D eigenvalue weighted by Gasteiger charge is -2.27. The van der Waals surface area contributed by atoms with Crippen LogP contribution in [-0.4, -0.2) is 57.7 Å². The molecular formula is C28H34FN3O5. The minimum Gasteiger partial charge on any atom is -0.507 e. The second-order valence-corrected chi connectivity index (χ2v) is 9.26. The predicted octanol–water partition coefficient (Wildman–Crippen LogP) is 5.45. The number of rotatable bonds is 13. The molecule has 1 unspecified atom stereocenters. The van der Waals surface area contributed by atoms with E-state index in [-0.39, 0.29) is 23.4 Å². The normalized spacial score (nSPS) is 17.1. The molecule has 0 radical (unpaired) electrons. The molecule has 0 aliphatic carbocycles. The highest BCUT2D eigenvalue weighted by Gasteiger charge is 2.46. The van der Waals surface area contributed by atoms with Crippen LogP contribution in [0.1, 0.15) is 63.1 Å². The molecule has 1 aliphatic heterocycles. The number of benzene rings is 2. The zero-order valence-electron chi connectivity index (χ0n) is 21.4. The summed E-state index contributed by atoms with van der Waals surface area (Å²) in [5, 5.41) is 22.3. The Balaban J connectivity index is 1.96. The number of likely N-dealkylation sites (tertiary alicyclic amines) is 1. The molecule has 1 fully saturated rings. The first-order valence-electron chi connectivity index (χ1n) is 12.8. The van der Waals surface area contributed by atoms with Crippen molar-refractivity contribution in [3.05, 3.63) is 81.2 Å². The molecule has 0 saturated carbocycles. The number of amides is 1. The van der Waals surface area contributed by atoms with Gasteiger partial charge in [-0.25, -0.2) is 4.39 Å². The topological polar surface area (TPSA) is 104 Å². The molecule has 1 aliphatic rings. The molecule has 198 valence electrons. The highest BCUT2D eigenvalue weighted by molar-refractivity contribution is 6.46. The summed E-state index contributed by atoms with van der Waals surface area (Å²) >= 11 is 0. The van der Waals surface area contributed by atoms with E-state index in [1.807, 2.05) is 0 Å². The van der Waals surface area contributed by atoms with Crippen molar-refractivity contribution in [3.8, 4) is 0 Å². The van der Waals surface area contributed by atoms with Crippen LogP contribution in [-0.2, 0) is 9.59 Å². The third-order valence-electron chi connectivity index (χ3n) is 6.56. The lowest BCUT2D eigenvalue weighted by molar-refractivity contribution is -0.384. The fourth-order valence-corrected chi connectivity index (χ4v) is 4.62. The summed E-state index contributed by atoms with van der Waals surface area (Å²) in [5.41, 5.74) is -0.0799. The average molecular weight is 512 g/mol. The Morgan fingerprint density at radius 2 is 1.68 bits per heavy atom. The Hall–Kier alpha value is -3.59. The molecule has 0 aromatic heterocycles. The first kappa shape index (κ1) is 28.0. The number of ketones is 1. The molecule has 2 aromatic rings. The van der Waals surface area contributed by atoms with Gasteiger partial charge in [0.1, 0.15) is 11.6 Å². The van der Waals surface area contributed by atoms with E-state index in [1.165, 1.54) is 41.3 Å². The molecule has 1 heterocycles. The van der Waals surface area contributed by atoms with Crippen molar-refractivity contribution in [3.63, 3.8) is 0 Å². The van der Waals surface area contributed by atoms with Gasteiger partial charge in [0, 0.05) is 24.2 Å². The van der Waals surface area contributed by atoms with Crippen LogP contribution in [0.15, 0.2) is 54.1 Å². The Bertz CT molecular complexity index is 1160. The summed E-state index contributed by atoms with van der Waals surface area (Å²) in [6.45, 7) is 7.16. The lowest BCUT2D eigenvalue weighted by atomic mass is 9.95. The number of halogens is 1. The molecule has 1 N–H and O–H groups in total. The SMILES string of the molecule is CCCCN(CCCC)CCCN1C(=O)C(=O)/C(=C(\O)c2cccc([N+](=O)[O-])c2)C1c1cccc(F)c1. The zero-order chi connectivity index (χ0) is 26.9. The number of nitro benzene ring substituents is 1. The van der Waals surface area contributed by atoms with Crippen molar-refractivity contribution in [2.24, 2.45) is 0 Å². The average Bonchev–Trinajstić information content (AvgIpc) is 3.14. The number of hydrogen-bond donors (Lipinski definition) is 1. The second kappa shape index (κ2) is 13.1. The van der Waals surface area contributed by atoms with Crippen molar-refractivity contribution in [1.82, 2.24) is 9.80 Å². The third-order valence-corrected chi connectivity index (χ3v) is 6.56. The van der Waals surface area contributed by atoms with Gasteiger partial charge in [-0.15, -0.1) is 0 Å². The monoisotopic (exact) mass is 511 g/mol. The molecule has 8 nitrogen and oxygen atoms in total. The Morgan fingerprint density at radius 1 is 1.03 bits per heavy atom. The van der Waals surface area contributed by atoms with E-state index in [0.717, 1.165) is 51.4 Å². The Morgan fingerprint density at radius 3 is 2.30 bits per heavy atom. The summed E-state index contributed by atoms with van der Waals surface area (Å²) in [7, 11) is 0. The van der Waals surface area contributed by atoms with Crippen molar-refractivity contribution >= 4 is 23.1 Å². The molecule has 3 rings (SSSR count). The van der Waals surface area contributed by atoms with Gasteiger partial charge in [0.2, 0.25) is 0 Å². The smallest absolute Gasteiger partial charge is 0.295 e. The summed E-state index contributed by atoms with van der Waals surface area (Å²) in [6.07, 6.45) is 4.90. The van der Waals surface area contributed by atoms with Gasteiger partial charge in [0.25, 0.3) is 17.4 Å². The number of nitro groups is 1. The Kier molecular flexibility index (Phi) is 9.91. The maximum Gasteiger partial charge on any atom is 0.295 e. The van der Waals surface area contributed by atoms with E-state index in [1.54, 1.807) is 6.07 Å². The minimum absolute atomic E-state index is 0.0407. The number of aliphatic hydroxyl groups is 1. The second-order valence-electron chi connectivity index (χ2n) is 9.26. The van der Waals surface area contributed by atoms with E-state index in [4.69, 9.17) is 0 Å². The summed E-state index contributed by atoms with van der Waals surface area (Å²) in [6, 6.07) is 9.80. The number of aliphatic hydroxyl groups excluding tert-OH is 1. The zero-order valence-corrected chi connectivity index (χ0v) is 21.4. The number of Topliss-reactive ketones (excluding diaryl/α,β-unsaturated/α-hetero) is 1. The molecule has 0 spiro atoms. The van der Waals surface area contributed by atoms with E-state index >= 15 is 0 Å². The molecule has 9 heteroatoms. The van der Waals surface area contributed by atoms with Gasteiger partial charge in [-0.1, -0.05) is 51.0 Å². The highest BCUT2D eigenvalue weighted by atomic mass is 19.1. The van der Waals surface area contributed by atoms with Crippen LogP contribution in [0.5, 0.6) is 0 Å². The summed E-state index contributed by atoms with van der Waals surface area (Å²) in [4.78, 5) is 40.6. The quantitative estimate of drug-likeness (QED) is 0.126. The number of carbonyl (C=O) groups excluding carboxylic acids is 2. The minimum atomic E-state index is -1.00. The molecule has 1 amide bonds. The summed E-state index contributed by atoms with van der Waals surface area (Å²) < 4.78 is 14.2. The van der Waals surface area contributed by atoms with Crippen LogP contribution >= 0.6 is 0 Å². The largest absolute Gasteiger partial charge is 0.507 e. The standard InChI is InChI=1S/C28H34FN3O5/c1-3-5-14-30(15-6-4-2)16-9-17-31-25(20-10-7-12-22(29)18-20)24(27(34)28(31)35)26(33)21-11-8-13-23(19-21)32(36)37/h7-8,10-13,18-19,25,33H,3-6,9,14-17H2,1-2H3/b26-24-. The first-order chi connectivity index (χ1) is 17.8. The van der Waals surface area contributed by atoms with Crippen molar-refractivity contribution in [1.29, 1.82) is 0 Å². The summed E-state index contributed by atoms with van der Waals surface area (Å²) in [5.74, 6) is -2.74. The third kappa shape index (κ3) is 6.80. The molecule has 0 bridgehead atoms. The molecular weight excluding hydrogens is 477 g/mol. The van der Waals surface area contributed by atoms with Crippen LogP contribution in [0, 0.1) is 15.9 Å². The van der Waals surface area contributed by atoms with E-state index in [9.17, 15) is 29.2 Å². The number of non-ortho nitro benzene ring substituents is 1. The maximum absolute atomic E-state index is 14.2. The van der Waals surface area contributed by atoms with E-state index in [2.05, 4.69) is 18.7 Å². The van der Waals surface area contributed by atoms with Crippen molar-refractivity contribution in [2.75, 3.05) is 26.2 Å². The molecule has 2 aromatic carbocycles. The number of unbranched alkanes of at least 4 members (excludes halogenated alkanes) is 2. The number of carbonyl (C=O) groups is 2. The van der Waals surface area contributed by atoms with Crippen LogP contribution in [0.25, 0.3) is 5.76 Å². The first-order valence-corrected chi connectivity index (χ1v) is 12.8. The molecule has 1 saturated heterocycles. The molecule has 37 heavy (non-hydrogen) atoms. The van der Waals surface area contributed by atoms with Crippen LogP contribution < -0.4 is 0 Å². The van der Waals surface area contributed by atoms with Gasteiger partial charge < -0.3 is 14.9 Å². The van der Waals surface area contributed by atoms with Gasteiger partial charge in [-0.05, 0) is 56.6 Å². The molecule has 1 atom stereocenters. The van der Waals surface area contributed by atoms with Crippen LogP contribution in [0.2, 0.25) is 0 Å². The fourth-order valence-electron chi connectivity index (χ4n) is 4.62. The number of hydrogen-bond acceptors (Lipinski definition) is 6. The van der Waals surface area contributed by atoms with Gasteiger partial charge in [-0.2, -0.15) is 0 Å². The van der Waals surface area contributed by atoms with E-state index in [0.29, 0.717) is 12.0 Å². The maximum atomic E-state index is 14.2. The van der Waals surface area contributed by atoms with Crippen molar-refractivity contribution in [2.45, 2.75) is 52.0 Å².